The summed E-state index contributed by atoms with van der Waals surface area (Å²) in [4.78, 5) is 34.4. The number of carbonyl (C=O) groups excluding carboxylic acids is 3. The Kier molecular flexibility index (Phi) is 6.87. The van der Waals surface area contributed by atoms with Crippen LogP contribution in [0.15, 0.2) is 30.3 Å². The third kappa shape index (κ3) is 6.03. The SMILES string of the molecule is C/C=C/c1cccc(C(=O)NCC(=O)CCC(=O)OC)c1. The summed E-state index contributed by atoms with van der Waals surface area (Å²) in [6.07, 6.45) is 3.86. The van der Waals surface area contributed by atoms with E-state index in [0.717, 1.165) is 5.56 Å². The van der Waals surface area contributed by atoms with Crippen LogP contribution in [0.5, 0.6) is 0 Å². The van der Waals surface area contributed by atoms with Gasteiger partial charge in [-0.2, -0.15) is 0 Å². The first-order valence-corrected chi connectivity index (χ1v) is 6.66. The maximum absolute atomic E-state index is 11.9. The highest BCUT2D eigenvalue weighted by Crippen LogP contribution is 2.07. The Morgan fingerprint density at radius 2 is 2.00 bits per heavy atom. The van der Waals surface area contributed by atoms with Gasteiger partial charge in [0.2, 0.25) is 0 Å². The van der Waals surface area contributed by atoms with Gasteiger partial charge in [-0.25, -0.2) is 0 Å². The average molecular weight is 289 g/mol. The molecule has 112 valence electrons. The Labute approximate surface area is 124 Å². The Bertz CT molecular complexity index is 549. The van der Waals surface area contributed by atoms with E-state index in [1.807, 2.05) is 25.1 Å². The van der Waals surface area contributed by atoms with E-state index in [2.05, 4.69) is 10.1 Å². The molecule has 21 heavy (non-hydrogen) atoms. The van der Waals surface area contributed by atoms with Crippen molar-refractivity contribution in [3.8, 4) is 0 Å². The number of ketones is 1. The summed E-state index contributed by atoms with van der Waals surface area (Å²) in [5.74, 6) is -0.958. The average Bonchev–Trinajstić information content (AvgIpc) is 2.50. The molecule has 0 heterocycles. The molecule has 1 rings (SSSR count). The van der Waals surface area contributed by atoms with Gasteiger partial charge in [0, 0.05) is 12.0 Å². The van der Waals surface area contributed by atoms with Gasteiger partial charge >= 0.3 is 5.97 Å². The first kappa shape index (κ1) is 16.6. The number of nitrogens with one attached hydrogen (secondary N) is 1. The lowest BCUT2D eigenvalue weighted by Gasteiger charge is -2.05. The summed E-state index contributed by atoms with van der Waals surface area (Å²) in [6.45, 7) is 1.80. The largest absolute Gasteiger partial charge is 0.469 e. The number of hydrogen-bond donors (Lipinski definition) is 1. The third-order valence-corrected chi connectivity index (χ3v) is 2.79. The molecular weight excluding hydrogens is 270 g/mol. The molecule has 0 atom stereocenters. The molecule has 0 aromatic heterocycles. The molecule has 1 N–H and O–H groups in total. The minimum absolute atomic E-state index is 0.0297. The lowest BCUT2D eigenvalue weighted by atomic mass is 10.1. The van der Waals surface area contributed by atoms with E-state index in [1.54, 1.807) is 18.2 Å². The number of benzene rings is 1. The number of allylic oxidation sites excluding steroid dienone is 1. The molecule has 1 amide bonds. The first-order valence-electron chi connectivity index (χ1n) is 6.66. The number of amides is 1. The molecule has 0 saturated heterocycles. The number of rotatable bonds is 7. The molecule has 0 radical (unpaired) electrons. The van der Waals surface area contributed by atoms with Crippen molar-refractivity contribution in [1.29, 1.82) is 0 Å². The Morgan fingerprint density at radius 3 is 2.67 bits per heavy atom. The van der Waals surface area contributed by atoms with E-state index in [9.17, 15) is 14.4 Å². The van der Waals surface area contributed by atoms with Gasteiger partial charge in [0.05, 0.1) is 20.1 Å². The summed E-state index contributed by atoms with van der Waals surface area (Å²) < 4.78 is 4.45. The van der Waals surface area contributed by atoms with Gasteiger partial charge in [-0.05, 0) is 24.6 Å². The Hall–Kier alpha value is -2.43. The van der Waals surface area contributed by atoms with Gasteiger partial charge in [0.1, 0.15) is 0 Å². The second-order valence-corrected chi connectivity index (χ2v) is 4.42. The zero-order valence-electron chi connectivity index (χ0n) is 12.2. The van der Waals surface area contributed by atoms with Crippen molar-refractivity contribution in [2.45, 2.75) is 19.8 Å². The summed E-state index contributed by atoms with van der Waals surface area (Å²) in [5, 5.41) is 2.55. The number of carbonyl (C=O) groups is 3. The highest BCUT2D eigenvalue weighted by Gasteiger charge is 2.10. The van der Waals surface area contributed by atoms with Gasteiger partial charge < -0.3 is 10.1 Å². The highest BCUT2D eigenvalue weighted by atomic mass is 16.5. The van der Waals surface area contributed by atoms with Gasteiger partial charge in [0.15, 0.2) is 5.78 Å². The predicted molar refractivity (Wildman–Crippen MR) is 79.7 cm³/mol. The molecule has 0 aliphatic rings. The molecule has 1 aromatic rings. The van der Waals surface area contributed by atoms with Crippen LogP contribution in [-0.4, -0.2) is 31.3 Å². The number of esters is 1. The van der Waals surface area contributed by atoms with Crippen molar-refractivity contribution in [3.05, 3.63) is 41.5 Å². The number of ether oxygens (including phenoxy) is 1. The van der Waals surface area contributed by atoms with E-state index < -0.39 is 5.97 Å². The molecule has 0 unspecified atom stereocenters. The van der Waals surface area contributed by atoms with Gasteiger partial charge in [-0.3, -0.25) is 14.4 Å². The lowest BCUT2D eigenvalue weighted by molar-refractivity contribution is -0.141. The summed E-state index contributed by atoms with van der Waals surface area (Å²) >= 11 is 0. The topological polar surface area (TPSA) is 72.5 Å². The zero-order valence-corrected chi connectivity index (χ0v) is 12.2. The maximum Gasteiger partial charge on any atom is 0.305 e. The fourth-order valence-corrected chi connectivity index (χ4v) is 1.69. The number of hydrogen-bond acceptors (Lipinski definition) is 4. The minimum atomic E-state index is -0.436. The van der Waals surface area contributed by atoms with E-state index in [-0.39, 0.29) is 31.1 Å². The van der Waals surface area contributed by atoms with Crippen molar-refractivity contribution in [2.24, 2.45) is 0 Å². The predicted octanol–water partition coefficient (Wildman–Crippen LogP) is 1.97. The summed E-state index contributed by atoms with van der Waals surface area (Å²) in [7, 11) is 1.27. The van der Waals surface area contributed by atoms with E-state index in [0.29, 0.717) is 5.56 Å². The molecule has 0 spiro atoms. The standard InChI is InChI=1S/C16H19NO4/c1-3-5-12-6-4-7-13(10-12)16(20)17-11-14(18)8-9-15(19)21-2/h3-7,10H,8-9,11H2,1-2H3,(H,17,20)/b5-3+. The van der Waals surface area contributed by atoms with Crippen molar-refractivity contribution in [3.63, 3.8) is 0 Å². The molecular formula is C16H19NO4. The fraction of sp³-hybridized carbons (Fsp3) is 0.312. The lowest BCUT2D eigenvalue weighted by Crippen LogP contribution is -2.29. The van der Waals surface area contributed by atoms with E-state index in [1.165, 1.54) is 7.11 Å². The maximum atomic E-state index is 11.9. The second kappa shape index (κ2) is 8.68. The van der Waals surface area contributed by atoms with E-state index >= 15 is 0 Å². The van der Waals surface area contributed by atoms with Crippen LogP contribution in [0, 0.1) is 0 Å². The smallest absolute Gasteiger partial charge is 0.305 e. The van der Waals surface area contributed by atoms with Crippen LogP contribution in [0.4, 0.5) is 0 Å². The summed E-state index contributed by atoms with van der Waals surface area (Å²) in [6, 6.07) is 7.09. The fourth-order valence-electron chi connectivity index (χ4n) is 1.69. The highest BCUT2D eigenvalue weighted by molar-refractivity contribution is 5.97. The van der Waals surface area contributed by atoms with Gasteiger partial charge in [-0.15, -0.1) is 0 Å². The van der Waals surface area contributed by atoms with Crippen molar-refractivity contribution in [2.75, 3.05) is 13.7 Å². The zero-order chi connectivity index (χ0) is 15.7. The van der Waals surface area contributed by atoms with Crippen molar-refractivity contribution in [1.82, 2.24) is 5.32 Å². The molecule has 5 nitrogen and oxygen atoms in total. The first-order chi connectivity index (χ1) is 10.1. The molecule has 1 aromatic carbocycles. The molecule has 0 saturated carbocycles. The van der Waals surface area contributed by atoms with Gasteiger partial charge in [0.25, 0.3) is 5.91 Å². The Balaban J connectivity index is 2.48. The van der Waals surface area contributed by atoms with Crippen LogP contribution in [0.3, 0.4) is 0 Å². The van der Waals surface area contributed by atoms with E-state index in [4.69, 9.17) is 0 Å². The molecule has 5 heteroatoms. The van der Waals surface area contributed by atoms with Crippen LogP contribution in [0.25, 0.3) is 6.08 Å². The van der Waals surface area contributed by atoms with Crippen LogP contribution < -0.4 is 5.32 Å². The molecule has 0 aliphatic heterocycles. The van der Waals surface area contributed by atoms with Crippen LogP contribution in [-0.2, 0) is 14.3 Å². The van der Waals surface area contributed by atoms with Crippen LogP contribution in [0.2, 0.25) is 0 Å². The number of Topliss-reactive ketones (excluding diaryl/α,β-unsaturated/α-hetero) is 1. The molecule has 0 bridgehead atoms. The molecule has 0 fully saturated rings. The minimum Gasteiger partial charge on any atom is -0.469 e. The quantitative estimate of drug-likeness (QED) is 0.779. The van der Waals surface area contributed by atoms with Crippen LogP contribution in [0.1, 0.15) is 35.7 Å². The van der Waals surface area contributed by atoms with Crippen molar-refractivity contribution >= 4 is 23.7 Å². The third-order valence-electron chi connectivity index (χ3n) is 2.79. The van der Waals surface area contributed by atoms with Crippen LogP contribution >= 0.6 is 0 Å². The van der Waals surface area contributed by atoms with Gasteiger partial charge in [-0.1, -0.05) is 24.3 Å². The Morgan fingerprint density at radius 1 is 1.24 bits per heavy atom. The number of methoxy groups -OCH3 is 1. The monoisotopic (exact) mass is 289 g/mol. The molecule has 0 aliphatic carbocycles. The second-order valence-electron chi connectivity index (χ2n) is 4.42. The summed E-state index contributed by atoms with van der Waals surface area (Å²) in [5.41, 5.74) is 1.41. The normalized spacial score (nSPS) is 10.4. The van der Waals surface area contributed by atoms with Crippen molar-refractivity contribution < 1.29 is 19.1 Å².